The van der Waals surface area contributed by atoms with Crippen LogP contribution in [0.5, 0.6) is 0 Å². The Balaban J connectivity index is 1.92. The minimum absolute atomic E-state index is 0.166. The number of fused-ring (bicyclic) bond motifs is 2. The van der Waals surface area contributed by atoms with Crippen LogP contribution in [-0.2, 0) is 23.9 Å². The fraction of sp³-hybridized carbons (Fsp3) is 0.600. The Labute approximate surface area is 94.9 Å². The Morgan fingerprint density at radius 2 is 1.25 bits per heavy atom. The summed E-state index contributed by atoms with van der Waals surface area (Å²) in [7, 11) is 0. The van der Waals surface area contributed by atoms with E-state index in [1.165, 1.54) is 0 Å². The van der Waals surface area contributed by atoms with E-state index in [9.17, 15) is 19.2 Å². The summed E-state index contributed by atoms with van der Waals surface area (Å²) in [6, 6.07) is 0. The molecule has 0 aromatic heterocycles. The zero-order valence-electron chi connectivity index (χ0n) is 8.17. The molecule has 0 radical (unpaired) electrons. The number of carbonyl (C=O) groups is 4. The summed E-state index contributed by atoms with van der Waals surface area (Å²) in [5.41, 5.74) is 0. The van der Waals surface area contributed by atoms with E-state index in [0.717, 1.165) is 11.8 Å². The van der Waals surface area contributed by atoms with Crippen LogP contribution in [0.2, 0.25) is 0 Å². The molecular weight excluding hydrogens is 232 g/mol. The lowest BCUT2D eigenvalue weighted by molar-refractivity contribution is -0.153. The third kappa shape index (κ3) is 1.19. The molecule has 4 atom stereocenters. The van der Waals surface area contributed by atoms with Crippen molar-refractivity contribution in [2.75, 3.05) is 0 Å². The number of carbonyl (C=O) groups excluding carboxylic acids is 4. The van der Waals surface area contributed by atoms with E-state index in [1.807, 2.05) is 0 Å². The average Bonchev–Trinajstić information content (AvgIpc) is 2.67. The summed E-state index contributed by atoms with van der Waals surface area (Å²) in [6.07, 6.45) is 0.578. The molecule has 5 nitrogen and oxygen atoms in total. The average molecular weight is 240 g/mol. The fourth-order valence-electron chi connectivity index (χ4n) is 2.75. The molecule has 84 valence electrons. The van der Waals surface area contributed by atoms with Gasteiger partial charge in [-0.1, -0.05) is 0 Å². The first kappa shape index (κ1) is 10.0. The first-order valence-corrected chi connectivity index (χ1v) is 5.90. The minimum atomic E-state index is -0.536. The molecule has 4 unspecified atom stereocenters. The third-order valence-electron chi connectivity index (χ3n) is 3.60. The highest BCUT2D eigenvalue weighted by Crippen LogP contribution is 2.49. The van der Waals surface area contributed by atoms with Gasteiger partial charge in [0, 0.05) is 11.8 Å². The normalized spacial score (nSPS) is 42.0. The highest BCUT2D eigenvalue weighted by Gasteiger charge is 2.56. The summed E-state index contributed by atoms with van der Waals surface area (Å²) in [4.78, 5) is 45.7. The van der Waals surface area contributed by atoms with Crippen LogP contribution in [0.4, 0.5) is 0 Å². The molecule has 0 aromatic carbocycles. The van der Waals surface area contributed by atoms with Gasteiger partial charge in [-0.3, -0.25) is 19.2 Å². The van der Waals surface area contributed by atoms with E-state index in [1.54, 1.807) is 0 Å². The van der Waals surface area contributed by atoms with Crippen molar-refractivity contribution in [3.63, 3.8) is 0 Å². The minimum Gasteiger partial charge on any atom is -0.393 e. The van der Waals surface area contributed by atoms with Crippen LogP contribution >= 0.6 is 11.8 Å². The van der Waals surface area contributed by atoms with Crippen LogP contribution in [0.3, 0.4) is 0 Å². The van der Waals surface area contributed by atoms with Crippen molar-refractivity contribution in [2.24, 2.45) is 23.7 Å². The lowest BCUT2D eigenvalue weighted by Crippen LogP contribution is -2.35. The van der Waals surface area contributed by atoms with E-state index < -0.39 is 35.6 Å². The highest BCUT2D eigenvalue weighted by molar-refractivity contribution is 8.26. The molecule has 3 rings (SSSR count). The van der Waals surface area contributed by atoms with Crippen LogP contribution in [0.15, 0.2) is 0 Å². The van der Waals surface area contributed by atoms with Crippen molar-refractivity contribution in [2.45, 2.75) is 12.8 Å². The number of esters is 2. The van der Waals surface area contributed by atoms with Crippen LogP contribution < -0.4 is 0 Å². The molecule has 0 bridgehead atoms. The smallest absolute Gasteiger partial charge is 0.317 e. The van der Waals surface area contributed by atoms with Gasteiger partial charge in [0.1, 0.15) is 0 Å². The van der Waals surface area contributed by atoms with Gasteiger partial charge in [-0.2, -0.15) is 0 Å². The molecule has 2 saturated heterocycles. The standard InChI is InChI=1S/C10H8O5S/c11-7-3-1-5-6(10(14)16-9(5)13)2-4(3)8(12)15-7/h3-6H,1-2H2. The largest absolute Gasteiger partial charge is 0.393 e. The van der Waals surface area contributed by atoms with Gasteiger partial charge >= 0.3 is 11.9 Å². The van der Waals surface area contributed by atoms with Gasteiger partial charge in [0.15, 0.2) is 10.2 Å². The molecule has 3 fully saturated rings. The number of hydrogen-bond acceptors (Lipinski definition) is 6. The molecule has 3 aliphatic rings. The fourth-order valence-corrected chi connectivity index (χ4v) is 3.77. The summed E-state index contributed by atoms with van der Waals surface area (Å²) in [5, 5.41) is -0.332. The predicted molar refractivity (Wildman–Crippen MR) is 51.9 cm³/mol. The van der Waals surface area contributed by atoms with E-state index >= 15 is 0 Å². The molecule has 0 amide bonds. The third-order valence-corrected chi connectivity index (χ3v) is 4.61. The van der Waals surface area contributed by atoms with E-state index in [-0.39, 0.29) is 23.1 Å². The van der Waals surface area contributed by atoms with E-state index in [0.29, 0.717) is 0 Å². The van der Waals surface area contributed by atoms with E-state index in [4.69, 9.17) is 0 Å². The number of rotatable bonds is 0. The lowest BCUT2D eigenvalue weighted by Gasteiger charge is -2.27. The van der Waals surface area contributed by atoms with Crippen LogP contribution in [-0.4, -0.2) is 22.2 Å². The van der Waals surface area contributed by atoms with Crippen molar-refractivity contribution < 1.29 is 23.9 Å². The van der Waals surface area contributed by atoms with Gasteiger partial charge in [-0.25, -0.2) is 0 Å². The van der Waals surface area contributed by atoms with Crippen LogP contribution in [0.25, 0.3) is 0 Å². The molecule has 0 aromatic rings. The topological polar surface area (TPSA) is 77.5 Å². The molecule has 2 aliphatic heterocycles. The molecule has 0 N–H and O–H groups in total. The zero-order valence-corrected chi connectivity index (χ0v) is 8.99. The Kier molecular flexibility index (Phi) is 1.98. The number of hydrogen-bond donors (Lipinski definition) is 0. The molecule has 1 aliphatic carbocycles. The summed E-state index contributed by atoms with van der Waals surface area (Å²) < 4.78 is 4.54. The SMILES string of the molecule is O=C1OC(=O)C2CC3C(=O)SC(=O)C3CC12. The van der Waals surface area contributed by atoms with Crippen molar-refractivity contribution >= 4 is 33.9 Å². The van der Waals surface area contributed by atoms with Gasteiger partial charge < -0.3 is 4.74 Å². The molecule has 1 saturated carbocycles. The second-order valence-corrected chi connectivity index (χ2v) is 5.39. The highest BCUT2D eigenvalue weighted by atomic mass is 32.2. The predicted octanol–water partition coefficient (Wildman–Crippen LogP) is 0.128. The number of ether oxygens (including phenoxy) is 1. The summed E-state index contributed by atoms with van der Waals surface area (Å²) in [5.74, 6) is -2.88. The Bertz CT molecular complexity index is 353. The van der Waals surface area contributed by atoms with Crippen molar-refractivity contribution in [3.8, 4) is 0 Å². The monoisotopic (exact) mass is 240 g/mol. The number of cyclic esters (lactones) is 2. The van der Waals surface area contributed by atoms with Gasteiger partial charge in [0.25, 0.3) is 0 Å². The molecule has 16 heavy (non-hydrogen) atoms. The van der Waals surface area contributed by atoms with Crippen LogP contribution in [0, 0.1) is 23.7 Å². The maximum absolute atomic E-state index is 11.5. The molecule has 6 heteroatoms. The maximum Gasteiger partial charge on any atom is 0.317 e. The molecular formula is C10H8O5S. The second-order valence-electron chi connectivity index (χ2n) is 4.38. The maximum atomic E-state index is 11.5. The Hall–Kier alpha value is -1.17. The first-order valence-electron chi connectivity index (χ1n) is 5.09. The van der Waals surface area contributed by atoms with Crippen molar-refractivity contribution in [1.82, 2.24) is 0 Å². The van der Waals surface area contributed by atoms with Crippen molar-refractivity contribution in [3.05, 3.63) is 0 Å². The van der Waals surface area contributed by atoms with Crippen molar-refractivity contribution in [1.29, 1.82) is 0 Å². The summed E-state index contributed by atoms with van der Waals surface area (Å²) >= 11 is 0.726. The molecule has 2 heterocycles. The number of thioether (sulfide) groups is 1. The van der Waals surface area contributed by atoms with Gasteiger partial charge in [-0.15, -0.1) is 0 Å². The Morgan fingerprint density at radius 1 is 0.812 bits per heavy atom. The van der Waals surface area contributed by atoms with E-state index in [2.05, 4.69) is 4.74 Å². The summed E-state index contributed by atoms with van der Waals surface area (Å²) in [6.45, 7) is 0. The quantitative estimate of drug-likeness (QED) is 0.442. The Morgan fingerprint density at radius 3 is 1.69 bits per heavy atom. The van der Waals surface area contributed by atoms with Crippen LogP contribution in [0.1, 0.15) is 12.8 Å². The van der Waals surface area contributed by atoms with Gasteiger partial charge in [0.05, 0.1) is 11.8 Å². The molecule has 0 spiro atoms. The van der Waals surface area contributed by atoms with Gasteiger partial charge in [-0.05, 0) is 24.6 Å². The lowest BCUT2D eigenvalue weighted by atomic mass is 9.70. The second kappa shape index (κ2) is 3.16. The van der Waals surface area contributed by atoms with Gasteiger partial charge in [0.2, 0.25) is 0 Å². The first-order chi connectivity index (χ1) is 7.58. The zero-order chi connectivity index (χ0) is 11.4.